The first kappa shape index (κ1) is 23.3. The molecule has 9 nitrogen and oxygen atoms in total. The van der Waals surface area contributed by atoms with E-state index in [1.165, 1.54) is 17.4 Å². The van der Waals surface area contributed by atoms with Crippen LogP contribution in [0.5, 0.6) is 5.88 Å². The minimum atomic E-state index is -0.596. The summed E-state index contributed by atoms with van der Waals surface area (Å²) >= 11 is 0. The highest BCUT2D eigenvalue weighted by Crippen LogP contribution is 2.40. The van der Waals surface area contributed by atoms with E-state index in [4.69, 9.17) is 4.74 Å². The summed E-state index contributed by atoms with van der Waals surface area (Å²) < 4.78 is 7.45. The largest absolute Gasteiger partial charge is 0.474 e. The van der Waals surface area contributed by atoms with Gasteiger partial charge >= 0.3 is 5.69 Å². The third-order valence-electron chi connectivity index (χ3n) is 6.60. The predicted molar refractivity (Wildman–Crippen MR) is 132 cm³/mol. The number of amides is 1. The summed E-state index contributed by atoms with van der Waals surface area (Å²) in [6.45, 7) is 4.63. The van der Waals surface area contributed by atoms with Crippen molar-refractivity contribution in [3.05, 3.63) is 62.1 Å². The number of aromatic amines is 1. The SMILES string of the molecule is CC(C)Cn1c(=O)[nH]c(=O)c2c(C(=O)NCc3ccnc(OC4CCCC4)c3)cc(C3CC3)nc21. The summed E-state index contributed by atoms with van der Waals surface area (Å²) in [5, 5.41) is 3.07. The Kier molecular flexibility index (Phi) is 6.40. The lowest BCUT2D eigenvalue weighted by molar-refractivity contribution is 0.0952. The van der Waals surface area contributed by atoms with Crippen LogP contribution in [0.4, 0.5) is 0 Å². The Morgan fingerprint density at radius 2 is 1.97 bits per heavy atom. The van der Waals surface area contributed by atoms with Crippen molar-refractivity contribution in [1.29, 1.82) is 0 Å². The van der Waals surface area contributed by atoms with Gasteiger partial charge in [0.2, 0.25) is 5.88 Å². The van der Waals surface area contributed by atoms with E-state index < -0.39 is 11.2 Å². The van der Waals surface area contributed by atoms with Crippen molar-refractivity contribution in [2.24, 2.45) is 5.92 Å². The average molecular weight is 478 g/mol. The molecule has 3 aromatic rings. The molecule has 9 heteroatoms. The molecular formula is C26H31N5O4. The number of H-pyrrole nitrogens is 1. The van der Waals surface area contributed by atoms with Crippen molar-refractivity contribution in [3.8, 4) is 5.88 Å². The summed E-state index contributed by atoms with van der Waals surface area (Å²) in [7, 11) is 0. The van der Waals surface area contributed by atoms with Crippen molar-refractivity contribution >= 4 is 16.9 Å². The van der Waals surface area contributed by atoms with Crippen molar-refractivity contribution in [2.75, 3.05) is 0 Å². The van der Waals surface area contributed by atoms with Gasteiger partial charge in [-0.3, -0.25) is 19.1 Å². The fourth-order valence-electron chi connectivity index (χ4n) is 4.67. The molecule has 0 aliphatic heterocycles. The number of carbonyl (C=O) groups excluding carboxylic acids is 1. The fourth-order valence-corrected chi connectivity index (χ4v) is 4.67. The van der Waals surface area contributed by atoms with E-state index in [2.05, 4.69) is 20.3 Å². The number of carbonyl (C=O) groups is 1. The van der Waals surface area contributed by atoms with Crippen LogP contribution in [-0.4, -0.2) is 31.5 Å². The van der Waals surface area contributed by atoms with E-state index in [1.807, 2.05) is 26.0 Å². The standard InChI is InChI=1S/C26H31N5O4/c1-15(2)14-31-23-22(25(33)30-26(31)34)19(12-20(29-23)17-7-8-17)24(32)28-13-16-9-10-27-21(11-16)35-18-5-3-4-6-18/h9-12,15,17-18H,3-8,13-14H2,1-2H3,(H,28,32)(H,30,33,34). The Bertz CT molecular complexity index is 1370. The Morgan fingerprint density at radius 3 is 2.69 bits per heavy atom. The quantitative estimate of drug-likeness (QED) is 0.514. The molecule has 0 spiro atoms. The lowest BCUT2D eigenvalue weighted by atomic mass is 10.1. The molecule has 2 fully saturated rings. The lowest BCUT2D eigenvalue weighted by Crippen LogP contribution is -2.34. The van der Waals surface area contributed by atoms with Crippen LogP contribution < -0.4 is 21.3 Å². The van der Waals surface area contributed by atoms with Crippen LogP contribution in [0.1, 0.15) is 79.9 Å². The van der Waals surface area contributed by atoms with Gasteiger partial charge in [0.15, 0.2) is 5.65 Å². The highest BCUT2D eigenvalue weighted by atomic mass is 16.5. The predicted octanol–water partition coefficient (Wildman–Crippen LogP) is 3.26. The van der Waals surface area contributed by atoms with Crippen molar-refractivity contribution < 1.29 is 9.53 Å². The maximum atomic E-state index is 13.3. The third-order valence-corrected chi connectivity index (χ3v) is 6.60. The van der Waals surface area contributed by atoms with E-state index in [-0.39, 0.29) is 47.0 Å². The summed E-state index contributed by atoms with van der Waals surface area (Å²) in [5.41, 5.74) is 1.02. The van der Waals surface area contributed by atoms with Crippen molar-refractivity contribution in [3.63, 3.8) is 0 Å². The molecule has 3 aromatic heterocycles. The topological polar surface area (TPSA) is 119 Å². The zero-order chi connectivity index (χ0) is 24.5. The molecule has 2 N–H and O–H groups in total. The molecule has 5 rings (SSSR count). The number of hydrogen-bond donors (Lipinski definition) is 2. The molecule has 3 heterocycles. The van der Waals surface area contributed by atoms with Crippen molar-refractivity contribution in [1.82, 2.24) is 24.8 Å². The number of hydrogen-bond acceptors (Lipinski definition) is 6. The van der Waals surface area contributed by atoms with Gasteiger partial charge < -0.3 is 10.1 Å². The highest BCUT2D eigenvalue weighted by Gasteiger charge is 2.29. The maximum absolute atomic E-state index is 13.3. The number of aromatic nitrogens is 4. The van der Waals surface area contributed by atoms with E-state index in [9.17, 15) is 14.4 Å². The number of ether oxygens (including phenoxy) is 1. The first-order valence-electron chi connectivity index (χ1n) is 12.5. The van der Waals surface area contributed by atoms with E-state index in [0.29, 0.717) is 12.4 Å². The van der Waals surface area contributed by atoms with Gasteiger partial charge in [0.25, 0.3) is 11.5 Å². The molecule has 2 saturated carbocycles. The van der Waals surface area contributed by atoms with Gasteiger partial charge in [-0.1, -0.05) is 13.8 Å². The molecule has 0 saturated heterocycles. The van der Waals surface area contributed by atoms with Crippen LogP contribution in [-0.2, 0) is 13.1 Å². The van der Waals surface area contributed by atoms with Crippen LogP contribution in [0, 0.1) is 5.92 Å². The number of rotatable bonds is 8. The van der Waals surface area contributed by atoms with E-state index in [0.717, 1.165) is 36.9 Å². The van der Waals surface area contributed by atoms with Crippen LogP contribution in [0.2, 0.25) is 0 Å². The zero-order valence-electron chi connectivity index (χ0n) is 20.2. The molecule has 2 aliphatic carbocycles. The molecule has 35 heavy (non-hydrogen) atoms. The molecule has 0 atom stereocenters. The van der Waals surface area contributed by atoms with Gasteiger partial charge in [-0.25, -0.2) is 14.8 Å². The van der Waals surface area contributed by atoms with Gasteiger partial charge in [0, 0.05) is 37.0 Å². The highest BCUT2D eigenvalue weighted by molar-refractivity contribution is 6.05. The normalized spacial score (nSPS) is 16.2. The van der Waals surface area contributed by atoms with Crippen molar-refractivity contribution in [2.45, 2.75) is 77.5 Å². The Labute approximate surface area is 203 Å². The molecular weight excluding hydrogens is 446 g/mol. The second-order valence-corrected chi connectivity index (χ2v) is 10.0. The third kappa shape index (κ3) is 5.13. The Hall–Kier alpha value is -3.49. The smallest absolute Gasteiger partial charge is 0.330 e. The summed E-state index contributed by atoms with van der Waals surface area (Å²) in [5.74, 6) is 0.596. The van der Waals surface area contributed by atoms with Gasteiger partial charge in [-0.05, 0) is 62.1 Å². The first-order valence-corrected chi connectivity index (χ1v) is 12.5. The monoisotopic (exact) mass is 477 g/mol. The number of nitrogens with one attached hydrogen (secondary N) is 2. The summed E-state index contributed by atoms with van der Waals surface area (Å²) in [4.78, 5) is 50.1. The van der Waals surface area contributed by atoms with Gasteiger partial charge in [-0.15, -0.1) is 0 Å². The summed E-state index contributed by atoms with van der Waals surface area (Å²) in [6.07, 6.45) is 8.27. The minimum absolute atomic E-state index is 0.145. The second-order valence-electron chi connectivity index (χ2n) is 10.0. The van der Waals surface area contributed by atoms with Crippen LogP contribution in [0.15, 0.2) is 34.0 Å². The maximum Gasteiger partial charge on any atom is 0.330 e. The van der Waals surface area contributed by atoms with Gasteiger partial charge in [0.1, 0.15) is 6.10 Å². The van der Waals surface area contributed by atoms with Crippen LogP contribution >= 0.6 is 0 Å². The van der Waals surface area contributed by atoms with Gasteiger partial charge in [-0.2, -0.15) is 0 Å². The molecule has 0 radical (unpaired) electrons. The number of pyridine rings is 2. The Balaban J connectivity index is 1.44. The van der Waals surface area contributed by atoms with Crippen LogP contribution in [0.25, 0.3) is 11.0 Å². The average Bonchev–Trinajstić information content (AvgIpc) is 3.56. The fraction of sp³-hybridized carbons (Fsp3) is 0.500. The number of fused-ring (bicyclic) bond motifs is 1. The minimum Gasteiger partial charge on any atom is -0.474 e. The molecule has 2 aliphatic rings. The molecule has 1 amide bonds. The first-order chi connectivity index (χ1) is 16.9. The van der Waals surface area contributed by atoms with Gasteiger partial charge in [0.05, 0.1) is 10.9 Å². The summed E-state index contributed by atoms with van der Waals surface area (Å²) in [6, 6.07) is 5.37. The zero-order valence-corrected chi connectivity index (χ0v) is 20.2. The Morgan fingerprint density at radius 1 is 1.20 bits per heavy atom. The molecule has 184 valence electrons. The molecule has 0 bridgehead atoms. The molecule has 0 unspecified atom stereocenters. The van der Waals surface area contributed by atoms with Crippen LogP contribution in [0.3, 0.4) is 0 Å². The van der Waals surface area contributed by atoms with E-state index in [1.54, 1.807) is 12.3 Å². The number of nitrogens with zero attached hydrogens (tertiary/aromatic N) is 3. The lowest BCUT2D eigenvalue weighted by Gasteiger charge is -2.15. The molecule has 0 aromatic carbocycles. The second kappa shape index (κ2) is 9.64. The van der Waals surface area contributed by atoms with E-state index >= 15 is 0 Å².